The summed E-state index contributed by atoms with van der Waals surface area (Å²) < 4.78 is 4.40. The molecule has 1 N–H and O–H groups in total. The minimum Gasteiger partial charge on any atom is -0.357 e. The minimum atomic E-state index is 0.773. The lowest BCUT2D eigenvalue weighted by Crippen LogP contribution is -2.52. The van der Waals surface area contributed by atoms with Crippen molar-refractivity contribution in [1.29, 1.82) is 0 Å². The van der Waals surface area contributed by atoms with Crippen LogP contribution in [0.1, 0.15) is 36.5 Å². The van der Waals surface area contributed by atoms with Gasteiger partial charge in [0.2, 0.25) is 5.13 Å². The lowest BCUT2D eigenvalue weighted by molar-refractivity contribution is 0.372. The second kappa shape index (κ2) is 9.98. The first kappa shape index (κ1) is 20.0. The number of aliphatic imine (C=N–C) groups is 1. The van der Waals surface area contributed by atoms with E-state index in [1.54, 1.807) is 11.3 Å². The molecule has 1 aliphatic heterocycles. The number of nitrogens with one attached hydrogen (secondary N) is 1. The minimum absolute atomic E-state index is 0.773. The van der Waals surface area contributed by atoms with Crippen molar-refractivity contribution in [3.8, 4) is 0 Å². The van der Waals surface area contributed by atoms with Crippen molar-refractivity contribution >= 4 is 34.0 Å². The summed E-state index contributed by atoms with van der Waals surface area (Å²) in [5.74, 6) is 1.96. The Bertz CT molecular complexity index is 732. The molecule has 7 nitrogen and oxygen atoms in total. The first-order valence-corrected chi connectivity index (χ1v) is 11.4. The second-order valence-corrected chi connectivity index (χ2v) is 8.31. The average molecular weight is 408 g/mol. The van der Waals surface area contributed by atoms with Gasteiger partial charge in [0.15, 0.2) is 5.96 Å². The smallest absolute Gasteiger partial charge is 0.205 e. The van der Waals surface area contributed by atoms with Crippen LogP contribution < -0.4 is 10.2 Å². The van der Waals surface area contributed by atoms with Gasteiger partial charge >= 0.3 is 0 Å². The zero-order valence-corrected chi connectivity index (χ0v) is 18.1. The largest absolute Gasteiger partial charge is 0.357 e. The molecule has 1 fully saturated rings. The highest BCUT2D eigenvalue weighted by atomic mass is 32.1. The van der Waals surface area contributed by atoms with Gasteiger partial charge in [0.05, 0.1) is 5.01 Å². The van der Waals surface area contributed by atoms with E-state index < -0.39 is 0 Å². The molecule has 0 spiro atoms. The molecule has 3 heterocycles. The monoisotopic (exact) mass is 407 g/mol. The van der Waals surface area contributed by atoms with E-state index in [1.807, 2.05) is 6.20 Å². The molecule has 3 rings (SSSR count). The van der Waals surface area contributed by atoms with E-state index in [1.165, 1.54) is 21.4 Å². The van der Waals surface area contributed by atoms with Crippen LogP contribution in [0.25, 0.3) is 0 Å². The highest BCUT2D eigenvalue weighted by Crippen LogP contribution is 2.19. The molecule has 0 unspecified atom stereocenters. The second-order valence-electron chi connectivity index (χ2n) is 6.38. The van der Waals surface area contributed by atoms with Crippen LogP contribution in [0.3, 0.4) is 0 Å². The molecule has 1 saturated heterocycles. The van der Waals surface area contributed by atoms with E-state index in [9.17, 15) is 0 Å². The van der Waals surface area contributed by atoms with E-state index in [0.717, 1.165) is 75.4 Å². The van der Waals surface area contributed by atoms with Crippen molar-refractivity contribution in [2.45, 2.75) is 40.0 Å². The van der Waals surface area contributed by atoms with E-state index in [-0.39, 0.29) is 0 Å². The summed E-state index contributed by atoms with van der Waals surface area (Å²) in [6.07, 6.45) is 4.85. The number of rotatable bonds is 7. The SMILES string of the molecule is CCNC(=NCCc1ncc(CC)s1)N1CCN(c2nc(CC)ns2)CC1. The molecule has 27 heavy (non-hydrogen) atoms. The molecular formula is C18H29N7S2. The molecule has 0 aromatic carbocycles. The molecule has 148 valence electrons. The van der Waals surface area contributed by atoms with Crippen LogP contribution in [0.15, 0.2) is 11.2 Å². The standard InChI is InChI=1S/C18H29N7S2/c1-4-14-13-21-16(26-14)7-8-20-17(19-6-3)24-9-11-25(12-10-24)18-22-15(5-2)23-27-18/h13H,4-12H2,1-3H3,(H,19,20). The fraction of sp³-hybridized carbons (Fsp3) is 0.667. The van der Waals surface area contributed by atoms with E-state index in [4.69, 9.17) is 4.99 Å². The Morgan fingerprint density at radius 1 is 1.19 bits per heavy atom. The van der Waals surface area contributed by atoms with Crippen LogP contribution >= 0.6 is 22.9 Å². The molecule has 2 aromatic heterocycles. The molecule has 0 atom stereocenters. The number of piperazine rings is 1. The third kappa shape index (κ3) is 5.38. The van der Waals surface area contributed by atoms with Crippen LogP contribution in [0.5, 0.6) is 0 Å². The summed E-state index contributed by atoms with van der Waals surface area (Å²) in [5.41, 5.74) is 0. The molecular weight excluding hydrogens is 378 g/mol. The van der Waals surface area contributed by atoms with Crippen LogP contribution in [0.2, 0.25) is 0 Å². The molecule has 0 amide bonds. The Balaban J connectivity index is 1.53. The molecule has 0 radical (unpaired) electrons. The Morgan fingerprint density at radius 2 is 2.00 bits per heavy atom. The van der Waals surface area contributed by atoms with Gasteiger partial charge in [-0.1, -0.05) is 13.8 Å². The average Bonchev–Trinajstić information content (AvgIpc) is 3.37. The molecule has 0 saturated carbocycles. The highest BCUT2D eigenvalue weighted by Gasteiger charge is 2.22. The molecule has 2 aromatic rings. The van der Waals surface area contributed by atoms with Gasteiger partial charge < -0.3 is 15.1 Å². The Morgan fingerprint density at radius 3 is 2.63 bits per heavy atom. The Labute approximate surface area is 169 Å². The van der Waals surface area contributed by atoms with Gasteiger partial charge in [0.1, 0.15) is 5.82 Å². The van der Waals surface area contributed by atoms with Crippen LogP contribution in [0.4, 0.5) is 5.13 Å². The number of anilines is 1. The van der Waals surface area contributed by atoms with Crippen molar-refractivity contribution < 1.29 is 0 Å². The first-order chi connectivity index (χ1) is 13.2. The zero-order valence-electron chi connectivity index (χ0n) is 16.4. The number of nitrogens with zero attached hydrogens (tertiary/aromatic N) is 6. The maximum atomic E-state index is 4.84. The number of hydrogen-bond acceptors (Lipinski definition) is 7. The van der Waals surface area contributed by atoms with Gasteiger partial charge in [0, 0.05) is 74.7 Å². The lowest BCUT2D eigenvalue weighted by Gasteiger charge is -2.36. The van der Waals surface area contributed by atoms with Crippen molar-refractivity contribution in [2.24, 2.45) is 4.99 Å². The summed E-state index contributed by atoms with van der Waals surface area (Å²) in [7, 11) is 0. The summed E-state index contributed by atoms with van der Waals surface area (Å²) >= 11 is 3.31. The third-order valence-electron chi connectivity index (χ3n) is 4.50. The summed E-state index contributed by atoms with van der Waals surface area (Å²) in [6.45, 7) is 11.8. The van der Waals surface area contributed by atoms with Crippen LogP contribution in [-0.2, 0) is 19.3 Å². The third-order valence-corrected chi connectivity index (χ3v) is 6.51. The maximum Gasteiger partial charge on any atom is 0.205 e. The van der Waals surface area contributed by atoms with E-state index >= 15 is 0 Å². The quantitative estimate of drug-likeness (QED) is 0.562. The van der Waals surface area contributed by atoms with Crippen LogP contribution in [0, 0.1) is 0 Å². The van der Waals surface area contributed by atoms with Crippen molar-refractivity contribution in [3.05, 3.63) is 21.9 Å². The van der Waals surface area contributed by atoms with Gasteiger partial charge in [-0.15, -0.1) is 11.3 Å². The summed E-state index contributed by atoms with van der Waals surface area (Å²) in [4.78, 5) is 20.0. The highest BCUT2D eigenvalue weighted by molar-refractivity contribution is 7.11. The fourth-order valence-corrected chi connectivity index (χ4v) is 4.59. The van der Waals surface area contributed by atoms with E-state index in [0.29, 0.717) is 0 Å². The predicted molar refractivity (Wildman–Crippen MR) is 114 cm³/mol. The molecule has 0 bridgehead atoms. The number of aromatic nitrogens is 3. The van der Waals surface area contributed by atoms with Gasteiger partial charge in [-0.25, -0.2) is 9.97 Å². The number of guanidine groups is 1. The number of hydrogen-bond donors (Lipinski definition) is 1. The van der Waals surface area contributed by atoms with Crippen molar-refractivity contribution in [3.63, 3.8) is 0 Å². The van der Waals surface area contributed by atoms with E-state index in [2.05, 4.69) is 50.2 Å². The predicted octanol–water partition coefficient (Wildman–Crippen LogP) is 2.45. The Hall–Kier alpha value is -1.74. The fourth-order valence-electron chi connectivity index (χ4n) is 2.94. The van der Waals surface area contributed by atoms with Crippen molar-refractivity contribution in [2.75, 3.05) is 44.2 Å². The first-order valence-electron chi connectivity index (χ1n) is 9.77. The summed E-state index contributed by atoms with van der Waals surface area (Å²) in [5, 5.41) is 5.66. The maximum absolute atomic E-state index is 4.84. The molecule has 9 heteroatoms. The lowest BCUT2D eigenvalue weighted by atomic mass is 10.3. The number of aryl methyl sites for hydroxylation is 2. The zero-order chi connectivity index (χ0) is 19.1. The topological polar surface area (TPSA) is 69.5 Å². The van der Waals surface area contributed by atoms with Gasteiger partial charge in [-0.05, 0) is 13.3 Å². The normalized spacial score (nSPS) is 15.4. The van der Waals surface area contributed by atoms with Crippen LogP contribution in [-0.4, -0.2) is 64.5 Å². The van der Waals surface area contributed by atoms with Gasteiger partial charge in [-0.3, -0.25) is 4.99 Å². The van der Waals surface area contributed by atoms with Gasteiger partial charge in [0.25, 0.3) is 0 Å². The Kier molecular flexibility index (Phi) is 7.40. The number of thiazole rings is 1. The van der Waals surface area contributed by atoms with Gasteiger partial charge in [-0.2, -0.15) is 4.37 Å². The van der Waals surface area contributed by atoms with Crippen molar-refractivity contribution in [1.82, 2.24) is 24.6 Å². The molecule has 1 aliphatic rings. The summed E-state index contributed by atoms with van der Waals surface area (Å²) in [6, 6.07) is 0. The molecule has 0 aliphatic carbocycles.